The topological polar surface area (TPSA) is 42.2 Å². The van der Waals surface area contributed by atoms with Crippen LogP contribution in [0.4, 0.5) is 17.1 Å². The predicted molar refractivity (Wildman–Crippen MR) is 145 cm³/mol. The van der Waals surface area contributed by atoms with Gasteiger partial charge in [-0.2, -0.15) is 0 Å². The Morgan fingerprint density at radius 1 is 0.639 bits per heavy atom. The Hall–Kier alpha value is -4.70. The van der Waals surface area contributed by atoms with Gasteiger partial charge in [0.05, 0.1) is 11.4 Å². The molecule has 0 unspecified atom stereocenters. The van der Waals surface area contributed by atoms with E-state index >= 15 is 0 Å². The predicted octanol–water partition coefficient (Wildman–Crippen LogP) is 8.13. The molecule has 36 heavy (non-hydrogen) atoms. The Kier molecular flexibility index (Phi) is 4.88. The van der Waals surface area contributed by atoms with Crippen molar-refractivity contribution in [3.05, 3.63) is 127 Å². The van der Waals surface area contributed by atoms with E-state index in [1.165, 1.54) is 16.8 Å². The van der Waals surface area contributed by atoms with E-state index in [4.69, 9.17) is 9.40 Å². The summed E-state index contributed by atoms with van der Waals surface area (Å²) in [6.45, 7) is 0. The molecule has 0 fully saturated rings. The van der Waals surface area contributed by atoms with Crippen molar-refractivity contribution in [2.75, 3.05) is 4.90 Å². The first-order chi connectivity index (χ1) is 17.8. The van der Waals surface area contributed by atoms with Crippen LogP contribution >= 0.6 is 0 Å². The van der Waals surface area contributed by atoms with Gasteiger partial charge in [-0.3, -0.25) is 4.98 Å². The Balaban J connectivity index is 1.42. The van der Waals surface area contributed by atoms with Crippen molar-refractivity contribution in [3.63, 3.8) is 0 Å². The molecule has 7 rings (SSSR count). The fourth-order valence-corrected chi connectivity index (χ4v) is 5.07. The highest BCUT2D eigenvalue weighted by molar-refractivity contribution is 5.85. The average molecular weight is 466 g/mol. The first-order valence-corrected chi connectivity index (χ1v) is 12.2. The largest absolute Gasteiger partial charge is 0.436 e. The lowest BCUT2D eigenvalue weighted by Crippen LogP contribution is -2.12. The summed E-state index contributed by atoms with van der Waals surface area (Å²) in [6, 6.07) is 37.8. The smallest absolute Gasteiger partial charge is 0.227 e. The molecule has 4 aromatic carbocycles. The average Bonchev–Trinajstić information content (AvgIpc) is 3.31. The molecule has 0 spiro atoms. The molecule has 3 heterocycles. The van der Waals surface area contributed by atoms with E-state index < -0.39 is 0 Å². The van der Waals surface area contributed by atoms with Gasteiger partial charge in [-0.25, -0.2) is 4.98 Å². The van der Waals surface area contributed by atoms with Crippen LogP contribution in [0.25, 0.3) is 33.8 Å². The van der Waals surface area contributed by atoms with Gasteiger partial charge >= 0.3 is 0 Å². The highest BCUT2D eigenvalue weighted by Gasteiger charge is 2.23. The fraction of sp³-hybridized carbons (Fsp3) is 0.0625. The summed E-state index contributed by atoms with van der Waals surface area (Å²) < 4.78 is 6.13. The third-order valence-electron chi connectivity index (χ3n) is 6.83. The van der Waals surface area contributed by atoms with Gasteiger partial charge in [0.15, 0.2) is 5.58 Å². The van der Waals surface area contributed by atoms with Gasteiger partial charge in [0.25, 0.3) is 0 Å². The molecule has 0 amide bonds. The van der Waals surface area contributed by atoms with E-state index in [2.05, 4.69) is 82.7 Å². The zero-order valence-electron chi connectivity index (χ0n) is 19.6. The third kappa shape index (κ3) is 3.55. The Labute approximate surface area is 209 Å². The summed E-state index contributed by atoms with van der Waals surface area (Å²) in [5.41, 5.74) is 10.8. The molecule has 0 aliphatic carbocycles. The van der Waals surface area contributed by atoms with E-state index in [1.54, 1.807) is 0 Å². The first-order valence-electron chi connectivity index (χ1n) is 12.2. The maximum Gasteiger partial charge on any atom is 0.227 e. The number of aryl methyl sites for hydroxylation is 2. The maximum atomic E-state index is 6.13. The summed E-state index contributed by atoms with van der Waals surface area (Å²) >= 11 is 0. The highest BCUT2D eigenvalue weighted by Crippen LogP contribution is 2.44. The minimum absolute atomic E-state index is 0.638. The van der Waals surface area contributed by atoms with Crippen molar-refractivity contribution in [1.82, 2.24) is 9.97 Å². The molecule has 172 valence electrons. The first kappa shape index (κ1) is 20.7. The number of rotatable bonds is 3. The lowest BCUT2D eigenvalue weighted by atomic mass is 10.0. The number of hydrogen-bond acceptors (Lipinski definition) is 4. The number of para-hydroxylation sites is 3. The van der Waals surface area contributed by atoms with Crippen LogP contribution in [0.5, 0.6) is 0 Å². The lowest BCUT2D eigenvalue weighted by molar-refractivity contribution is 0.620. The molecule has 4 nitrogen and oxygen atoms in total. The van der Waals surface area contributed by atoms with E-state index in [0.717, 1.165) is 52.1 Å². The van der Waals surface area contributed by atoms with Gasteiger partial charge in [0.2, 0.25) is 5.89 Å². The van der Waals surface area contributed by atoms with Gasteiger partial charge in [-0.15, -0.1) is 0 Å². The summed E-state index contributed by atoms with van der Waals surface area (Å²) in [4.78, 5) is 11.7. The van der Waals surface area contributed by atoms with Crippen molar-refractivity contribution in [3.8, 4) is 22.7 Å². The van der Waals surface area contributed by atoms with Crippen LogP contribution in [-0.4, -0.2) is 9.97 Å². The number of pyridine rings is 1. The van der Waals surface area contributed by atoms with Crippen molar-refractivity contribution in [2.24, 2.45) is 0 Å². The summed E-state index contributed by atoms with van der Waals surface area (Å²) in [5, 5.41) is 0. The van der Waals surface area contributed by atoms with Crippen molar-refractivity contribution >= 4 is 28.2 Å². The van der Waals surface area contributed by atoms with E-state index in [-0.39, 0.29) is 0 Å². The van der Waals surface area contributed by atoms with E-state index in [1.807, 2.05) is 42.6 Å². The molecule has 1 aliphatic rings. The number of hydrogen-bond donors (Lipinski definition) is 0. The second kappa shape index (κ2) is 8.51. The van der Waals surface area contributed by atoms with Crippen LogP contribution in [-0.2, 0) is 12.8 Å². The molecule has 2 aromatic heterocycles. The monoisotopic (exact) mass is 465 g/mol. The molecular weight excluding hydrogens is 442 g/mol. The molecule has 0 radical (unpaired) electrons. The Morgan fingerprint density at radius 2 is 1.47 bits per heavy atom. The van der Waals surface area contributed by atoms with Crippen LogP contribution in [0.15, 0.2) is 120 Å². The minimum atomic E-state index is 0.638. The zero-order valence-corrected chi connectivity index (χ0v) is 19.6. The van der Waals surface area contributed by atoms with Gasteiger partial charge in [-0.05, 0) is 78.6 Å². The van der Waals surface area contributed by atoms with Crippen molar-refractivity contribution in [1.29, 1.82) is 0 Å². The molecule has 0 N–H and O–H groups in total. The SMILES string of the molecule is c1ccc(-c2cccc(N3c4ccccc4CCc4ccc(-c5nc6ccccc6o5)cc43)c2)nc1. The summed E-state index contributed by atoms with van der Waals surface area (Å²) in [5.74, 6) is 0.638. The molecule has 4 heteroatoms. The molecule has 1 aliphatic heterocycles. The van der Waals surface area contributed by atoms with Gasteiger partial charge < -0.3 is 9.32 Å². The van der Waals surface area contributed by atoms with Crippen molar-refractivity contribution < 1.29 is 4.42 Å². The maximum absolute atomic E-state index is 6.13. The number of fused-ring (bicyclic) bond motifs is 3. The number of benzene rings is 4. The minimum Gasteiger partial charge on any atom is -0.436 e. The molecular formula is C32H23N3O. The summed E-state index contributed by atoms with van der Waals surface area (Å²) in [6.07, 6.45) is 3.80. The molecule has 0 bridgehead atoms. The quantitative estimate of drug-likeness (QED) is 0.265. The molecule has 0 saturated carbocycles. The Morgan fingerprint density at radius 3 is 2.36 bits per heavy atom. The summed E-state index contributed by atoms with van der Waals surface area (Å²) in [7, 11) is 0. The third-order valence-corrected chi connectivity index (χ3v) is 6.83. The van der Waals surface area contributed by atoms with Crippen LogP contribution < -0.4 is 4.90 Å². The fourth-order valence-electron chi connectivity index (χ4n) is 5.07. The Bertz CT molecular complexity index is 1670. The van der Waals surface area contributed by atoms with Gasteiger partial charge in [-0.1, -0.05) is 54.6 Å². The second-order valence-electron chi connectivity index (χ2n) is 9.06. The van der Waals surface area contributed by atoms with Gasteiger partial charge in [0.1, 0.15) is 5.52 Å². The normalized spacial score (nSPS) is 12.7. The number of anilines is 3. The van der Waals surface area contributed by atoms with E-state index in [9.17, 15) is 0 Å². The second-order valence-corrected chi connectivity index (χ2v) is 9.06. The van der Waals surface area contributed by atoms with Crippen molar-refractivity contribution in [2.45, 2.75) is 12.8 Å². The molecule has 0 saturated heterocycles. The van der Waals surface area contributed by atoms with Crippen LogP contribution in [0.1, 0.15) is 11.1 Å². The highest BCUT2D eigenvalue weighted by atomic mass is 16.3. The number of nitrogens with zero attached hydrogens (tertiary/aromatic N) is 3. The van der Waals surface area contributed by atoms with Crippen LogP contribution in [0.3, 0.4) is 0 Å². The lowest BCUT2D eigenvalue weighted by Gasteiger charge is -2.28. The molecule has 6 aromatic rings. The standard InChI is InChI=1S/C32H23N3O/c1-3-13-29-22(8-1)15-16-23-17-18-25(32-34-28-12-2-4-14-31(28)36-32)21-30(23)35(29)26-10-7-9-24(20-26)27-11-5-6-19-33-27/h1-14,17-21H,15-16H2. The number of aromatic nitrogens is 2. The number of oxazole rings is 1. The van der Waals surface area contributed by atoms with Crippen LogP contribution in [0.2, 0.25) is 0 Å². The van der Waals surface area contributed by atoms with Gasteiger partial charge in [0, 0.05) is 28.7 Å². The van der Waals surface area contributed by atoms with E-state index in [0.29, 0.717) is 5.89 Å². The van der Waals surface area contributed by atoms with Crippen LogP contribution in [0, 0.1) is 0 Å². The molecule has 0 atom stereocenters. The zero-order chi connectivity index (χ0) is 23.9.